The second kappa shape index (κ2) is 10.6. The number of nitrogens with one attached hydrogen (secondary N) is 1. The molecular weight excluding hydrogens is 499 g/mol. The van der Waals surface area contributed by atoms with Gasteiger partial charge in [0.15, 0.2) is 0 Å². The molecule has 9 nitrogen and oxygen atoms in total. The zero-order chi connectivity index (χ0) is 26.1. The number of hydrogen-bond acceptors (Lipinski definition) is 8. The summed E-state index contributed by atoms with van der Waals surface area (Å²) in [6.45, 7) is 2.13. The molecule has 1 atom stereocenters. The first kappa shape index (κ1) is 26.8. The van der Waals surface area contributed by atoms with E-state index in [-0.39, 0.29) is 24.1 Å². The lowest BCUT2D eigenvalue weighted by Gasteiger charge is -2.30. The maximum absolute atomic E-state index is 12.8. The number of aliphatic hydroxyl groups is 1. The molecule has 2 aliphatic rings. The predicted molar refractivity (Wildman–Crippen MR) is 128 cm³/mol. The summed E-state index contributed by atoms with van der Waals surface area (Å²) in [5.41, 5.74) is 1.41. The molecule has 3 heterocycles. The van der Waals surface area contributed by atoms with Gasteiger partial charge in [-0.15, -0.1) is 0 Å². The third-order valence-corrected chi connectivity index (χ3v) is 8.11. The molecule has 0 unspecified atom stereocenters. The number of aliphatic hydroxyl groups excluding tert-OH is 1. The molecule has 1 saturated carbocycles. The molecule has 1 aliphatic carbocycles. The van der Waals surface area contributed by atoms with Crippen molar-refractivity contribution in [1.82, 2.24) is 19.3 Å². The molecule has 0 amide bonds. The molecule has 0 radical (unpaired) electrons. The zero-order valence-corrected chi connectivity index (χ0v) is 21.1. The van der Waals surface area contributed by atoms with Crippen molar-refractivity contribution in [2.45, 2.75) is 82.2 Å². The first-order valence-corrected chi connectivity index (χ1v) is 14.0. The standard InChI is InChI=1S/C23H32F3N5O4S/c1-14(11-23(24,25)26)29-22-28-13-19-20(30-22)18(15-3-5-16(32)6-4-15)12-27-21(19)35-17-7-9-31(10-8-17)36(2,33)34/h12-17,32H,3-11H2,1-2H3,(H,28,29,30)/t14-,15?,16?/m0/s1. The van der Waals surface area contributed by atoms with Crippen LogP contribution in [-0.4, -0.2) is 76.6 Å². The van der Waals surface area contributed by atoms with Gasteiger partial charge in [-0.2, -0.15) is 13.2 Å². The lowest BCUT2D eigenvalue weighted by molar-refractivity contribution is -0.136. The van der Waals surface area contributed by atoms with Crippen LogP contribution in [0.1, 0.15) is 63.4 Å². The minimum atomic E-state index is -4.31. The van der Waals surface area contributed by atoms with Gasteiger partial charge in [-0.05, 0) is 51.4 Å². The van der Waals surface area contributed by atoms with Crippen molar-refractivity contribution in [2.24, 2.45) is 0 Å². The van der Waals surface area contributed by atoms with E-state index >= 15 is 0 Å². The summed E-state index contributed by atoms with van der Waals surface area (Å²) in [6.07, 6.45) is 2.32. The first-order valence-electron chi connectivity index (χ1n) is 12.2. The molecule has 2 N–H and O–H groups in total. The van der Waals surface area contributed by atoms with E-state index < -0.39 is 28.7 Å². The van der Waals surface area contributed by atoms with Gasteiger partial charge >= 0.3 is 6.18 Å². The predicted octanol–water partition coefficient (Wildman–Crippen LogP) is 3.60. The van der Waals surface area contributed by atoms with Crippen molar-refractivity contribution < 1.29 is 31.4 Å². The number of sulfonamides is 1. The molecule has 0 spiro atoms. The number of fused-ring (bicyclic) bond motifs is 1. The van der Waals surface area contributed by atoms with Gasteiger partial charge in [0.05, 0.1) is 29.7 Å². The maximum Gasteiger partial charge on any atom is 0.391 e. The van der Waals surface area contributed by atoms with E-state index in [1.54, 1.807) is 6.20 Å². The fraction of sp³-hybridized carbons (Fsp3) is 0.696. The number of anilines is 1. The minimum absolute atomic E-state index is 0.0926. The van der Waals surface area contributed by atoms with Crippen LogP contribution in [-0.2, 0) is 10.0 Å². The lowest BCUT2D eigenvalue weighted by Crippen LogP contribution is -2.41. The van der Waals surface area contributed by atoms with Crippen LogP contribution in [0.15, 0.2) is 12.4 Å². The summed E-state index contributed by atoms with van der Waals surface area (Å²) in [5.74, 6) is 0.512. The van der Waals surface area contributed by atoms with Gasteiger partial charge in [0.2, 0.25) is 21.9 Å². The van der Waals surface area contributed by atoms with E-state index in [0.29, 0.717) is 55.6 Å². The highest BCUT2D eigenvalue weighted by atomic mass is 32.2. The third-order valence-electron chi connectivity index (χ3n) is 6.81. The van der Waals surface area contributed by atoms with Crippen LogP contribution in [0.2, 0.25) is 0 Å². The molecule has 0 aromatic carbocycles. The molecular formula is C23H32F3N5O4S. The lowest BCUT2D eigenvalue weighted by atomic mass is 9.83. The maximum atomic E-state index is 12.8. The molecule has 2 aromatic heterocycles. The van der Waals surface area contributed by atoms with Crippen LogP contribution in [0.4, 0.5) is 19.1 Å². The van der Waals surface area contributed by atoms with E-state index in [1.165, 1.54) is 23.7 Å². The number of ether oxygens (including phenoxy) is 1. The SMILES string of the molecule is C[C@@H](CC(F)(F)F)Nc1ncc2c(OC3CCN(S(C)(=O)=O)CC3)ncc(C3CCC(O)CC3)c2n1. The smallest absolute Gasteiger partial charge is 0.391 e. The molecule has 36 heavy (non-hydrogen) atoms. The Morgan fingerprint density at radius 3 is 2.42 bits per heavy atom. The summed E-state index contributed by atoms with van der Waals surface area (Å²) in [5, 5.41) is 13.2. The molecule has 1 saturated heterocycles. The first-order chi connectivity index (χ1) is 16.9. The second-order valence-corrected chi connectivity index (χ2v) is 11.8. The van der Waals surface area contributed by atoms with Crippen molar-refractivity contribution in [3.05, 3.63) is 18.0 Å². The van der Waals surface area contributed by atoms with E-state index in [0.717, 1.165) is 18.4 Å². The molecule has 200 valence electrons. The van der Waals surface area contributed by atoms with Gasteiger partial charge in [-0.25, -0.2) is 27.7 Å². The van der Waals surface area contributed by atoms with Crippen molar-refractivity contribution >= 4 is 26.9 Å². The normalized spacial score (nSPS) is 23.5. The average molecular weight is 532 g/mol. The Morgan fingerprint density at radius 1 is 1.14 bits per heavy atom. The van der Waals surface area contributed by atoms with Crippen LogP contribution < -0.4 is 10.1 Å². The largest absolute Gasteiger partial charge is 0.474 e. The van der Waals surface area contributed by atoms with Gasteiger partial charge in [0.25, 0.3) is 0 Å². The molecule has 2 fully saturated rings. The number of alkyl halides is 3. The van der Waals surface area contributed by atoms with Gasteiger partial charge in [0.1, 0.15) is 6.10 Å². The number of halogens is 3. The van der Waals surface area contributed by atoms with Crippen molar-refractivity contribution in [1.29, 1.82) is 0 Å². The van der Waals surface area contributed by atoms with E-state index in [4.69, 9.17) is 4.74 Å². The van der Waals surface area contributed by atoms with Gasteiger partial charge < -0.3 is 15.2 Å². The van der Waals surface area contributed by atoms with Gasteiger partial charge in [0, 0.05) is 37.1 Å². The topological polar surface area (TPSA) is 118 Å². The Balaban J connectivity index is 1.60. The highest BCUT2D eigenvalue weighted by Crippen LogP contribution is 2.38. The Hall–Kier alpha value is -2.25. The van der Waals surface area contributed by atoms with Crippen LogP contribution >= 0.6 is 0 Å². The Kier molecular flexibility index (Phi) is 7.91. The molecule has 0 bridgehead atoms. The number of piperidine rings is 1. The Morgan fingerprint density at radius 2 is 1.81 bits per heavy atom. The highest BCUT2D eigenvalue weighted by Gasteiger charge is 2.31. The number of hydrogen-bond donors (Lipinski definition) is 2. The molecule has 2 aromatic rings. The molecule has 13 heteroatoms. The summed E-state index contributed by atoms with van der Waals surface area (Å²) in [7, 11) is -3.26. The van der Waals surface area contributed by atoms with Crippen molar-refractivity contribution in [3.8, 4) is 5.88 Å². The fourth-order valence-corrected chi connectivity index (χ4v) is 5.80. The van der Waals surface area contributed by atoms with E-state index in [9.17, 15) is 26.7 Å². The van der Waals surface area contributed by atoms with Crippen molar-refractivity contribution in [3.63, 3.8) is 0 Å². The zero-order valence-electron chi connectivity index (χ0n) is 20.3. The van der Waals surface area contributed by atoms with Crippen LogP contribution in [0.3, 0.4) is 0 Å². The summed E-state index contributed by atoms with van der Waals surface area (Å²) in [6, 6.07) is -0.909. The van der Waals surface area contributed by atoms with Crippen LogP contribution in [0.5, 0.6) is 5.88 Å². The highest BCUT2D eigenvalue weighted by molar-refractivity contribution is 7.88. The quantitative estimate of drug-likeness (QED) is 0.557. The summed E-state index contributed by atoms with van der Waals surface area (Å²) < 4.78 is 69.6. The van der Waals surface area contributed by atoms with E-state index in [2.05, 4.69) is 20.3 Å². The molecule has 1 aliphatic heterocycles. The second-order valence-electron chi connectivity index (χ2n) is 9.82. The average Bonchev–Trinajstić information content (AvgIpc) is 2.78. The van der Waals surface area contributed by atoms with Gasteiger partial charge in [-0.1, -0.05) is 0 Å². The number of rotatable bonds is 7. The van der Waals surface area contributed by atoms with Crippen LogP contribution in [0.25, 0.3) is 10.9 Å². The Labute approximate surface area is 208 Å². The number of nitrogens with zero attached hydrogens (tertiary/aromatic N) is 4. The monoisotopic (exact) mass is 531 g/mol. The van der Waals surface area contributed by atoms with E-state index in [1.807, 2.05) is 0 Å². The van der Waals surface area contributed by atoms with Crippen LogP contribution in [0, 0.1) is 0 Å². The van der Waals surface area contributed by atoms with Gasteiger partial charge in [-0.3, -0.25) is 0 Å². The summed E-state index contributed by atoms with van der Waals surface area (Å²) >= 11 is 0. The number of aromatic nitrogens is 3. The minimum Gasteiger partial charge on any atom is -0.474 e. The summed E-state index contributed by atoms with van der Waals surface area (Å²) in [4.78, 5) is 13.4. The number of pyridine rings is 1. The van der Waals surface area contributed by atoms with Crippen molar-refractivity contribution in [2.75, 3.05) is 24.7 Å². The third kappa shape index (κ3) is 6.74. The fourth-order valence-electron chi connectivity index (χ4n) is 4.92. The Bertz CT molecular complexity index is 1160. The molecule has 4 rings (SSSR count).